The van der Waals surface area contributed by atoms with Crippen molar-refractivity contribution in [3.63, 3.8) is 0 Å². The monoisotopic (exact) mass is 310 g/mol. The van der Waals surface area contributed by atoms with E-state index in [1.807, 2.05) is 38.1 Å². The van der Waals surface area contributed by atoms with E-state index < -0.39 is 0 Å². The van der Waals surface area contributed by atoms with Gasteiger partial charge in [-0.2, -0.15) is 0 Å². The Bertz CT molecular complexity index is 866. The lowest BCUT2D eigenvalue weighted by molar-refractivity contribution is 0.174. The van der Waals surface area contributed by atoms with Crippen molar-refractivity contribution in [2.75, 3.05) is 6.79 Å². The largest absolute Gasteiger partial charge is 0.454 e. The number of pyridine rings is 1. The third-order valence-corrected chi connectivity index (χ3v) is 3.75. The molecule has 6 heteroatoms. The van der Waals surface area contributed by atoms with Crippen LogP contribution in [0.1, 0.15) is 13.8 Å². The van der Waals surface area contributed by atoms with Gasteiger partial charge in [-0.05, 0) is 26.0 Å². The third kappa shape index (κ3) is 2.51. The van der Waals surface area contributed by atoms with Crippen molar-refractivity contribution < 1.29 is 9.47 Å². The number of rotatable bonds is 3. The molecule has 3 aromatic rings. The molecule has 0 spiro atoms. The van der Waals surface area contributed by atoms with Crippen molar-refractivity contribution in [3.05, 3.63) is 36.7 Å². The van der Waals surface area contributed by atoms with E-state index in [1.54, 1.807) is 12.4 Å². The molecule has 0 aliphatic carbocycles. The van der Waals surface area contributed by atoms with Crippen LogP contribution in [0.15, 0.2) is 36.7 Å². The van der Waals surface area contributed by atoms with Crippen LogP contribution in [-0.2, 0) is 6.54 Å². The minimum Gasteiger partial charge on any atom is -0.454 e. The molecule has 0 radical (unpaired) electrons. The molecule has 0 fully saturated rings. The normalized spacial score (nSPS) is 13.7. The van der Waals surface area contributed by atoms with Crippen molar-refractivity contribution in [1.82, 2.24) is 14.5 Å². The van der Waals surface area contributed by atoms with Crippen LogP contribution in [0.2, 0.25) is 0 Å². The first-order chi connectivity index (χ1) is 11.0. The number of aromatic nitrogens is 3. The molecule has 1 aliphatic heterocycles. The maximum atomic E-state index is 6.26. The predicted octanol–water partition coefficient (Wildman–Crippen LogP) is 2.56. The third-order valence-electron chi connectivity index (χ3n) is 3.75. The Hall–Kier alpha value is -2.60. The topological polar surface area (TPSA) is 75.2 Å². The zero-order chi connectivity index (χ0) is 16.0. The Morgan fingerprint density at radius 1 is 1.17 bits per heavy atom. The summed E-state index contributed by atoms with van der Waals surface area (Å²) in [5.41, 5.74) is 8.75. The van der Waals surface area contributed by atoms with Crippen LogP contribution < -0.4 is 15.2 Å². The van der Waals surface area contributed by atoms with Crippen LogP contribution in [0.5, 0.6) is 11.5 Å². The molecule has 2 aromatic heterocycles. The Morgan fingerprint density at radius 3 is 2.57 bits per heavy atom. The second-order valence-corrected chi connectivity index (χ2v) is 6.44. The SMILES string of the molecule is CC(C)(N)Cn1c(-c2ccncc2)nc2cc3c(cc21)OCO3. The van der Waals surface area contributed by atoms with Crippen molar-refractivity contribution >= 4 is 11.0 Å². The van der Waals surface area contributed by atoms with E-state index in [0.29, 0.717) is 6.54 Å². The summed E-state index contributed by atoms with van der Waals surface area (Å²) in [6, 6.07) is 7.79. The summed E-state index contributed by atoms with van der Waals surface area (Å²) in [6.07, 6.45) is 3.53. The van der Waals surface area contributed by atoms with Gasteiger partial charge in [0.25, 0.3) is 0 Å². The number of benzene rings is 1. The first kappa shape index (κ1) is 14.0. The number of nitrogens with zero attached hydrogens (tertiary/aromatic N) is 3. The van der Waals surface area contributed by atoms with Crippen LogP contribution in [-0.4, -0.2) is 26.9 Å². The highest BCUT2D eigenvalue weighted by Gasteiger charge is 2.22. The molecule has 23 heavy (non-hydrogen) atoms. The molecule has 1 aromatic carbocycles. The van der Waals surface area contributed by atoms with E-state index >= 15 is 0 Å². The van der Waals surface area contributed by atoms with Gasteiger partial charge in [0.1, 0.15) is 5.82 Å². The summed E-state index contributed by atoms with van der Waals surface area (Å²) < 4.78 is 13.1. The summed E-state index contributed by atoms with van der Waals surface area (Å²) in [4.78, 5) is 8.87. The molecule has 2 N–H and O–H groups in total. The van der Waals surface area contributed by atoms with E-state index in [-0.39, 0.29) is 12.3 Å². The molecule has 0 saturated heterocycles. The number of nitrogens with two attached hydrogens (primary N) is 1. The molecule has 1 aliphatic rings. The highest BCUT2D eigenvalue weighted by Crippen LogP contribution is 2.37. The number of ether oxygens (including phenoxy) is 2. The Kier molecular flexibility index (Phi) is 3.02. The van der Waals surface area contributed by atoms with Gasteiger partial charge in [-0.15, -0.1) is 0 Å². The molecule has 0 bridgehead atoms. The van der Waals surface area contributed by atoms with Gasteiger partial charge in [-0.3, -0.25) is 4.98 Å². The zero-order valence-corrected chi connectivity index (χ0v) is 13.1. The minimum atomic E-state index is -0.369. The van der Waals surface area contributed by atoms with Gasteiger partial charge in [-0.1, -0.05) is 0 Å². The quantitative estimate of drug-likeness (QED) is 0.804. The van der Waals surface area contributed by atoms with Crippen LogP contribution in [0.3, 0.4) is 0 Å². The molecule has 0 amide bonds. The lowest BCUT2D eigenvalue weighted by Crippen LogP contribution is -2.37. The number of hydrogen-bond acceptors (Lipinski definition) is 5. The maximum Gasteiger partial charge on any atom is 0.231 e. The fourth-order valence-corrected chi connectivity index (χ4v) is 2.80. The molecule has 118 valence electrons. The Morgan fingerprint density at radius 2 is 1.87 bits per heavy atom. The molecular weight excluding hydrogens is 292 g/mol. The fraction of sp³-hybridized carbons (Fsp3) is 0.294. The van der Waals surface area contributed by atoms with E-state index in [1.165, 1.54) is 0 Å². The average molecular weight is 310 g/mol. The fourth-order valence-electron chi connectivity index (χ4n) is 2.80. The summed E-state index contributed by atoms with van der Waals surface area (Å²) in [7, 11) is 0. The zero-order valence-electron chi connectivity index (χ0n) is 13.1. The summed E-state index contributed by atoms with van der Waals surface area (Å²) >= 11 is 0. The molecule has 0 saturated carbocycles. The standard InChI is InChI=1S/C17H18N4O2/c1-17(2,18)9-21-13-8-15-14(22-10-23-15)7-12(13)20-16(21)11-3-5-19-6-4-11/h3-8H,9-10,18H2,1-2H3. The Balaban J connectivity index is 1.96. The first-order valence-corrected chi connectivity index (χ1v) is 7.50. The number of fused-ring (bicyclic) bond motifs is 2. The van der Waals surface area contributed by atoms with Crippen LogP contribution >= 0.6 is 0 Å². The average Bonchev–Trinajstić information content (AvgIpc) is 3.09. The van der Waals surface area contributed by atoms with Crippen molar-refractivity contribution in [2.24, 2.45) is 5.73 Å². The smallest absolute Gasteiger partial charge is 0.231 e. The van der Waals surface area contributed by atoms with Crippen LogP contribution in [0, 0.1) is 0 Å². The highest BCUT2D eigenvalue weighted by molar-refractivity contribution is 5.84. The van der Waals surface area contributed by atoms with E-state index in [0.717, 1.165) is 33.9 Å². The van der Waals surface area contributed by atoms with Gasteiger partial charge in [0.05, 0.1) is 11.0 Å². The van der Waals surface area contributed by atoms with Crippen LogP contribution in [0.25, 0.3) is 22.4 Å². The molecule has 0 unspecified atom stereocenters. The molecule has 3 heterocycles. The van der Waals surface area contributed by atoms with Gasteiger partial charge < -0.3 is 19.8 Å². The van der Waals surface area contributed by atoms with E-state index in [2.05, 4.69) is 9.55 Å². The second-order valence-electron chi connectivity index (χ2n) is 6.44. The van der Waals surface area contributed by atoms with Gasteiger partial charge in [0.15, 0.2) is 11.5 Å². The highest BCUT2D eigenvalue weighted by atomic mass is 16.7. The molecule has 4 rings (SSSR count). The summed E-state index contributed by atoms with van der Waals surface area (Å²) in [5.74, 6) is 2.34. The maximum absolute atomic E-state index is 6.26. The lowest BCUT2D eigenvalue weighted by atomic mass is 10.1. The first-order valence-electron chi connectivity index (χ1n) is 7.50. The number of imidazole rings is 1. The minimum absolute atomic E-state index is 0.252. The van der Waals surface area contributed by atoms with Crippen LogP contribution in [0.4, 0.5) is 0 Å². The van der Waals surface area contributed by atoms with Crippen molar-refractivity contribution in [1.29, 1.82) is 0 Å². The second kappa shape index (κ2) is 4.96. The molecule has 6 nitrogen and oxygen atoms in total. The number of hydrogen-bond donors (Lipinski definition) is 1. The Labute approximate surface area is 133 Å². The van der Waals surface area contributed by atoms with E-state index in [9.17, 15) is 0 Å². The van der Waals surface area contributed by atoms with Crippen molar-refractivity contribution in [2.45, 2.75) is 25.9 Å². The van der Waals surface area contributed by atoms with E-state index in [4.69, 9.17) is 20.2 Å². The van der Waals surface area contributed by atoms with Crippen molar-refractivity contribution in [3.8, 4) is 22.9 Å². The summed E-state index contributed by atoms with van der Waals surface area (Å²) in [6.45, 7) is 4.90. The van der Waals surface area contributed by atoms with Gasteiger partial charge in [0.2, 0.25) is 6.79 Å². The van der Waals surface area contributed by atoms with Gasteiger partial charge in [-0.25, -0.2) is 4.98 Å². The molecular formula is C17H18N4O2. The molecule has 0 atom stereocenters. The van der Waals surface area contributed by atoms with Gasteiger partial charge >= 0.3 is 0 Å². The predicted molar refractivity (Wildman–Crippen MR) is 87.4 cm³/mol. The summed E-state index contributed by atoms with van der Waals surface area (Å²) in [5, 5.41) is 0. The van der Waals surface area contributed by atoms with Gasteiger partial charge in [0, 0.05) is 42.2 Å². The lowest BCUT2D eigenvalue weighted by Gasteiger charge is -2.21.